The van der Waals surface area contributed by atoms with Crippen molar-refractivity contribution in [3.8, 4) is 0 Å². The van der Waals surface area contributed by atoms with Crippen molar-refractivity contribution < 1.29 is 0 Å². The molecule has 1 aliphatic heterocycles. The summed E-state index contributed by atoms with van der Waals surface area (Å²) in [5.74, 6) is 0. The highest BCUT2D eigenvalue weighted by Crippen LogP contribution is 2.43. The molecule has 1 aliphatic rings. The van der Waals surface area contributed by atoms with Crippen molar-refractivity contribution in [2.45, 2.75) is 39.5 Å². The zero-order valence-electron chi connectivity index (χ0n) is 11.4. The van der Waals surface area contributed by atoms with Gasteiger partial charge in [-0.05, 0) is 31.0 Å². The molecule has 1 aromatic rings. The van der Waals surface area contributed by atoms with E-state index >= 15 is 0 Å². The first kappa shape index (κ1) is 13.5. The molecule has 1 aromatic carbocycles. The Morgan fingerprint density at radius 1 is 1.22 bits per heavy atom. The van der Waals surface area contributed by atoms with Gasteiger partial charge in [-0.3, -0.25) is 0 Å². The van der Waals surface area contributed by atoms with Gasteiger partial charge < -0.3 is 10.6 Å². The molecule has 2 rings (SSSR count). The fourth-order valence-electron chi connectivity index (χ4n) is 3.22. The molecule has 0 amide bonds. The highest BCUT2D eigenvalue weighted by Gasteiger charge is 2.41. The molecule has 100 valence electrons. The van der Waals surface area contributed by atoms with Crippen LogP contribution in [0.2, 0.25) is 5.02 Å². The molecule has 0 saturated carbocycles. The van der Waals surface area contributed by atoms with Crippen LogP contribution < -0.4 is 10.6 Å². The second-order valence-electron chi connectivity index (χ2n) is 5.57. The fraction of sp³-hybridized carbons (Fsp3) is 0.600. The summed E-state index contributed by atoms with van der Waals surface area (Å²) >= 11 is 6.26. The predicted molar refractivity (Wildman–Crippen MR) is 80.3 cm³/mol. The molecule has 0 spiro atoms. The molecule has 0 atom stereocenters. The largest absolute Gasteiger partial charge is 0.399 e. The van der Waals surface area contributed by atoms with E-state index in [0.717, 1.165) is 29.5 Å². The van der Waals surface area contributed by atoms with Gasteiger partial charge >= 0.3 is 0 Å². The zero-order valence-corrected chi connectivity index (χ0v) is 12.1. The van der Waals surface area contributed by atoms with Crippen LogP contribution in [0.5, 0.6) is 0 Å². The maximum Gasteiger partial charge on any atom is 0.0660 e. The topological polar surface area (TPSA) is 29.3 Å². The first-order valence-corrected chi connectivity index (χ1v) is 7.28. The Morgan fingerprint density at radius 3 is 2.33 bits per heavy atom. The minimum atomic E-state index is 0.522. The average Bonchev–Trinajstić information content (AvgIpc) is 2.26. The minimum absolute atomic E-state index is 0.522. The van der Waals surface area contributed by atoms with Crippen LogP contribution >= 0.6 is 11.6 Å². The van der Waals surface area contributed by atoms with Crippen molar-refractivity contribution in [2.75, 3.05) is 23.7 Å². The van der Waals surface area contributed by atoms with Gasteiger partial charge in [-0.2, -0.15) is 0 Å². The summed E-state index contributed by atoms with van der Waals surface area (Å²) in [7, 11) is 0. The van der Waals surface area contributed by atoms with Crippen molar-refractivity contribution in [1.29, 1.82) is 0 Å². The molecule has 3 heteroatoms. The molecular formula is C15H23ClN2. The Kier molecular flexibility index (Phi) is 4.06. The summed E-state index contributed by atoms with van der Waals surface area (Å²) < 4.78 is 0. The van der Waals surface area contributed by atoms with Gasteiger partial charge in [0.2, 0.25) is 0 Å². The molecular weight excluding hydrogens is 244 g/mol. The molecule has 0 bridgehead atoms. The first-order chi connectivity index (χ1) is 8.60. The van der Waals surface area contributed by atoms with Gasteiger partial charge in [0.05, 0.1) is 10.7 Å². The monoisotopic (exact) mass is 266 g/mol. The molecule has 0 radical (unpaired) electrons. The molecule has 0 aromatic heterocycles. The van der Waals surface area contributed by atoms with Gasteiger partial charge in [-0.1, -0.05) is 38.3 Å². The van der Waals surface area contributed by atoms with Crippen molar-refractivity contribution in [2.24, 2.45) is 5.41 Å². The second kappa shape index (κ2) is 5.40. The summed E-state index contributed by atoms with van der Waals surface area (Å²) in [6, 6.07) is 5.82. The summed E-state index contributed by atoms with van der Waals surface area (Å²) in [5.41, 5.74) is 8.12. The van der Waals surface area contributed by atoms with E-state index in [0.29, 0.717) is 5.41 Å². The molecule has 0 aliphatic carbocycles. The Balaban J connectivity index is 2.06. The Labute approximate surface area is 115 Å². The maximum absolute atomic E-state index is 6.26. The van der Waals surface area contributed by atoms with Crippen molar-refractivity contribution >= 4 is 23.0 Å². The van der Waals surface area contributed by atoms with E-state index in [2.05, 4.69) is 18.7 Å². The van der Waals surface area contributed by atoms with Crippen LogP contribution in [0.25, 0.3) is 0 Å². The number of nitrogens with two attached hydrogens (primary N) is 1. The quantitative estimate of drug-likeness (QED) is 0.804. The third-order valence-electron chi connectivity index (χ3n) is 3.93. The number of nitrogens with zero attached hydrogens (tertiary/aromatic N) is 1. The van der Waals surface area contributed by atoms with E-state index < -0.39 is 0 Å². The molecule has 1 saturated heterocycles. The SMILES string of the molecule is CCCC1(CCC)CN(c2ccc(N)cc2Cl)C1. The predicted octanol–water partition coefficient (Wildman–Crippen LogP) is 4.33. The Hall–Kier alpha value is -0.890. The number of benzene rings is 1. The van der Waals surface area contributed by atoms with E-state index in [1.165, 1.54) is 25.7 Å². The van der Waals surface area contributed by atoms with Crippen molar-refractivity contribution in [1.82, 2.24) is 0 Å². The number of anilines is 2. The number of nitrogen functional groups attached to an aromatic ring is 1. The second-order valence-corrected chi connectivity index (χ2v) is 5.97. The van der Waals surface area contributed by atoms with E-state index in [4.69, 9.17) is 17.3 Å². The van der Waals surface area contributed by atoms with Crippen LogP contribution in [-0.4, -0.2) is 13.1 Å². The van der Waals surface area contributed by atoms with Gasteiger partial charge in [0, 0.05) is 24.2 Å². The number of hydrogen-bond acceptors (Lipinski definition) is 2. The van der Waals surface area contributed by atoms with Gasteiger partial charge in [-0.15, -0.1) is 0 Å². The Bertz CT molecular complexity index is 403. The highest BCUT2D eigenvalue weighted by molar-refractivity contribution is 6.33. The van der Waals surface area contributed by atoms with Crippen LogP contribution in [0.1, 0.15) is 39.5 Å². The fourth-order valence-corrected chi connectivity index (χ4v) is 3.52. The average molecular weight is 267 g/mol. The van der Waals surface area contributed by atoms with Crippen LogP contribution in [0.3, 0.4) is 0 Å². The lowest BCUT2D eigenvalue weighted by atomic mass is 9.72. The van der Waals surface area contributed by atoms with Gasteiger partial charge in [-0.25, -0.2) is 0 Å². The molecule has 2 N–H and O–H groups in total. The third-order valence-corrected chi connectivity index (χ3v) is 4.23. The normalized spacial score (nSPS) is 17.6. The van der Waals surface area contributed by atoms with E-state index in [9.17, 15) is 0 Å². The van der Waals surface area contributed by atoms with Gasteiger partial charge in [0.25, 0.3) is 0 Å². The molecule has 18 heavy (non-hydrogen) atoms. The number of hydrogen-bond donors (Lipinski definition) is 1. The van der Waals surface area contributed by atoms with Crippen molar-refractivity contribution in [3.63, 3.8) is 0 Å². The van der Waals surface area contributed by atoms with Crippen LogP contribution in [0.15, 0.2) is 18.2 Å². The summed E-state index contributed by atoms with van der Waals surface area (Å²) in [6.07, 6.45) is 5.18. The maximum atomic E-state index is 6.26. The summed E-state index contributed by atoms with van der Waals surface area (Å²) in [5, 5.41) is 0.775. The Morgan fingerprint density at radius 2 is 1.83 bits per heavy atom. The lowest BCUT2D eigenvalue weighted by Gasteiger charge is -2.52. The van der Waals surface area contributed by atoms with Crippen LogP contribution in [0.4, 0.5) is 11.4 Å². The molecule has 2 nitrogen and oxygen atoms in total. The smallest absolute Gasteiger partial charge is 0.0660 e. The third kappa shape index (κ3) is 2.59. The van der Waals surface area contributed by atoms with E-state index in [1.807, 2.05) is 18.2 Å². The molecule has 1 heterocycles. The molecule has 0 unspecified atom stereocenters. The number of rotatable bonds is 5. The summed E-state index contributed by atoms with van der Waals surface area (Å²) in [4.78, 5) is 2.38. The van der Waals surface area contributed by atoms with E-state index in [-0.39, 0.29) is 0 Å². The lowest BCUT2D eigenvalue weighted by Crippen LogP contribution is -2.56. The van der Waals surface area contributed by atoms with Crippen LogP contribution in [0, 0.1) is 5.41 Å². The standard InChI is InChI=1S/C15H23ClN2/c1-3-7-15(8-4-2)10-18(11-15)14-6-5-12(17)9-13(14)16/h5-6,9H,3-4,7-8,10-11,17H2,1-2H3. The van der Waals surface area contributed by atoms with Crippen molar-refractivity contribution in [3.05, 3.63) is 23.2 Å². The van der Waals surface area contributed by atoms with Crippen LogP contribution in [-0.2, 0) is 0 Å². The summed E-state index contributed by atoms with van der Waals surface area (Å²) in [6.45, 7) is 6.82. The molecule has 1 fully saturated rings. The lowest BCUT2D eigenvalue weighted by molar-refractivity contribution is 0.173. The first-order valence-electron chi connectivity index (χ1n) is 6.90. The van der Waals surface area contributed by atoms with Gasteiger partial charge in [0.15, 0.2) is 0 Å². The highest BCUT2D eigenvalue weighted by atomic mass is 35.5. The van der Waals surface area contributed by atoms with Gasteiger partial charge in [0.1, 0.15) is 0 Å². The zero-order chi connectivity index (χ0) is 13.2. The number of halogens is 1. The van der Waals surface area contributed by atoms with E-state index in [1.54, 1.807) is 0 Å². The minimum Gasteiger partial charge on any atom is -0.399 e.